The Morgan fingerprint density at radius 1 is 1.22 bits per heavy atom. The van der Waals surface area contributed by atoms with Crippen molar-refractivity contribution < 1.29 is 9.53 Å². The predicted octanol–water partition coefficient (Wildman–Crippen LogP) is 2.94. The highest BCUT2D eigenvalue weighted by molar-refractivity contribution is 5.91. The highest BCUT2D eigenvalue weighted by Gasteiger charge is 2.11. The molecule has 0 aliphatic carbocycles. The number of rotatable bonds is 8. The van der Waals surface area contributed by atoms with E-state index in [1.165, 1.54) is 0 Å². The number of hydrogen-bond donors (Lipinski definition) is 2. The van der Waals surface area contributed by atoms with Crippen molar-refractivity contribution in [2.45, 2.75) is 13.5 Å². The minimum Gasteiger partial charge on any atom is -0.494 e. The molecule has 0 spiro atoms. The lowest BCUT2D eigenvalue weighted by Gasteiger charge is -2.15. The van der Waals surface area contributed by atoms with E-state index < -0.39 is 0 Å². The van der Waals surface area contributed by atoms with Gasteiger partial charge in [0.1, 0.15) is 5.75 Å². The van der Waals surface area contributed by atoms with Gasteiger partial charge in [-0.15, -0.1) is 0 Å². The summed E-state index contributed by atoms with van der Waals surface area (Å²) in [7, 11) is 1.88. The molecule has 0 bridgehead atoms. The first-order valence-electron chi connectivity index (χ1n) is 8.81. The van der Waals surface area contributed by atoms with Gasteiger partial charge in [-0.25, -0.2) is 0 Å². The number of likely N-dealkylation sites (N-methyl/N-ethyl adjacent to an activating group) is 1. The molecule has 1 aromatic carbocycles. The summed E-state index contributed by atoms with van der Waals surface area (Å²) in [6, 6.07) is 15.3. The number of hydrogen-bond acceptors (Lipinski definition) is 5. The molecule has 1 amide bonds. The molecule has 2 heterocycles. The zero-order valence-corrected chi connectivity index (χ0v) is 15.5. The summed E-state index contributed by atoms with van der Waals surface area (Å²) >= 11 is 0. The molecule has 0 radical (unpaired) electrons. The van der Waals surface area contributed by atoms with Crippen LogP contribution in [0.3, 0.4) is 0 Å². The number of carbonyl (C=O) groups excluding carboxylic acids is 1. The van der Waals surface area contributed by atoms with Crippen LogP contribution < -0.4 is 10.1 Å². The number of aromatic nitrogens is 3. The number of pyridine rings is 1. The van der Waals surface area contributed by atoms with Gasteiger partial charge >= 0.3 is 0 Å². The van der Waals surface area contributed by atoms with Crippen molar-refractivity contribution in [3.05, 3.63) is 60.4 Å². The third-order valence-corrected chi connectivity index (χ3v) is 3.89. The van der Waals surface area contributed by atoms with Crippen LogP contribution in [0.15, 0.2) is 54.7 Å². The molecular weight excluding hydrogens is 342 g/mol. The minimum atomic E-state index is -0.127. The Morgan fingerprint density at radius 2 is 2.04 bits per heavy atom. The molecule has 0 aliphatic heterocycles. The van der Waals surface area contributed by atoms with Gasteiger partial charge in [-0.3, -0.25) is 19.8 Å². The van der Waals surface area contributed by atoms with Gasteiger partial charge in [0.15, 0.2) is 5.82 Å². The van der Waals surface area contributed by atoms with E-state index in [2.05, 4.69) is 20.5 Å². The average Bonchev–Trinajstić information content (AvgIpc) is 3.11. The van der Waals surface area contributed by atoms with Gasteiger partial charge in [-0.05, 0) is 55.9 Å². The molecular formula is C20H23N5O2. The number of nitrogens with zero attached hydrogens (tertiary/aromatic N) is 3. The fourth-order valence-electron chi connectivity index (χ4n) is 2.68. The molecule has 3 rings (SSSR count). The van der Waals surface area contributed by atoms with E-state index in [0.29, 0.717) is 19.0 Å². The normalized spacial score (nSPS) is 10.8. The Labute approximate surface area is 158 Å². The van der Waals surface area contributed by atoms with E-state index in [9.17, 15) is 4.79 Å². The van der Waals surface area contributed by atoms with Crippen LogP contribution >= 0.6 is 0 Å². The summed E-state index contributed by atoms with van der Waals surface area (Å²) in [6.45, 7) is 3.44. The number of carbonyl (C=O) groups is 1. The highest BCUT2D eigenvalue weighted by atomic mass is 16.5. The zero-order valence-electron chi connectivity index (χ0n) is 15.5. The summed E-state index contributed by atoms with van der Waals surface area (Å²) < 4.78 is 5.44. The summed E-state index contributed by atoms with van der Waals surface area (Å²) in [5, 5.41) is 9.92. The maximum absolute atomic E-state index is 12.2. The molecule has 0 aliphatic rings. The third-order valence-electron chi connectivity index (χ3n) is 3.89. The second kappa shape index (κ2) is 8.95. The number of amides is 1. The van der Waals surface area contributed by atoms with Gasteiger partial charge in [0.25, 0.3) is 0 Å². The van der Waals surface area contributed by atoms with Crippen LogP contribution in [-0.2, 0) is 11.3 Å². The Bertz CT molecular complexity index is 862. The van der Waals surface area contributed by atoms with E-state index in [1.54, 1.807) is 6.20 Å². The van der Waals surface area contributed by atoms with Crippen LogP contribution in [-0.4, -0.2) is 46.2 Å². The minimum absolute atomic E-state index is 0.127. The molecule has 2 aromatic heterocycles. The number of benzene rings is 1. The number of anilines is 1. The first-order chi connectivity index (χ1) is 13.1. The fraction of sp³-hybridized carbons (Fsp3) is 0.250. The van der Waals surface area contributed by atoms with E-state index >= 15 is 0 Å². The van der Waals surface area contributed by atoms with Gasteiger partial charge in [0.2, 0.25) is 5.91 Å². The van der Waals surface area contributed by atoms with Crippen LogP contribution in [0.5, 0.6) is 5.75 Å². The molecule has 0 fully saturated rings. The van der Waals surface area contributed by atoms with Gasteiger partial charge in [-0.1, -0.05) is 6.07 Å². The van der Waals surface area contributed by atoms with Gasteiger partial charge in [0, 0.05) is 18.8 Å². The summed E-state index contributed by atoms with van der Waals surface area (Å²) in [6.07, 6.45) is 1.75. The number of H-pyrrole nitrogens is 1. The summed E-state index contributed by atoms with van der Waals surface area (Å²) in [4.78, 5) is 18.4. The van der Waals surface area contributed by atoms with Gasteiger partial charge in [0.05, 0.1) is 24.5 Å². The molecule has 140 valence electrons. The summed E-state index contributed by atoms with van der Waals surface area (Å²) in [5.74, 6) is 1.19. The smallest absolute Gasteiger partial charge is 0.239 e. The zero-order chi connectivity index (χ0) is 19.1. The Morgan fingerprint density at radius 3 is 2.74 bits per heavy atom. The monoisotopic (exact) mass is 365 g/mol. The van der Waals surface area contributed by atoms with Crippen LogP contribution in [0, 0.1) is 0 Å². The topological polar surface area (TPSA) is 83.1 Å². The first kappa shape index (κ1) is 18.6. The lowest BCUT2D eigenvalue weighted by molar-refractivity contribution is -0.117. The van der Waals surface area contributed by atoms with E-state index in [0.717, 1.165) is 22.7 Å². The second-order valence-electron chi connectivity index (χ2n) is 6.17. The van der Waals surface area contributed by atoms with Crippen LogP contribution in [0.4, 0.5) is 5.82 Å². The van der Waals surface area contributed by atoms with Gasteiger partial charge in [-0.2, -0.15) is 5.10 Å². The number of aromatic amines is 1. The molecule has 27 heavy (non-hydrogen) atoms. The van der Waals surface area contributed by atoms with Crippen molar-refractivity contribution >= 4 is 11.7 Å². The molecule has 0 atom stereocenters. The number of ether oxygens (including phenoxy) is 1. The fourth-order valence-corrected chi connectivity index (χ4v) is 2.68. The van der Waals surface area contributed by atoms with Crippen LogP contribution in [0.2, 0.25) is 0 Å². The average molecular weight is 365 g/mol. The largest absolute Gasteiger partial charge is 0.494 e. The quantitative estimate of drug-likeness (QED) is 0.641. The van der Waals surface area contributed by atoms with Crippen molar-refractivity contribution in [2.75, 3.05) is 25.5 Å². The first-order valence-corrected chi connectivity index (χ1v) is 8.81. The van der Waals surface area contributed by atoms with E-state index in [1.807, 2.05) is 67.4 Å². The second-order valence-corrected chi connectivity index (χ2v) is 6.17. The van der Waals surface area contributed by atoms with Crippen LogP contribution in [0.1, 0.15) is 12.6 Å². The molecule has 3 aromatic rings. The van der Waals surface area contributed by atoms with Crippen LogP contribution in [0.25, 0.3) is 11.3 Å². The Kier molecular flexibility index (Phi) is 6.17. The molecule has 2 N–H and O–H groups in total. The van der Waals surface area contributed by atoms with Crippen molar-refractivity contribution in [1.82, 2.24) is 20.1 Å². The Balaban J connectivity index is 1.54. The van der Waals surface area contributed by atoms with Crippen molar-refractivity contribution in [3.63, 3.8) is 0 Å². The molecule has 0 saturated heterocycles. The van der Waals surface area contributed by atoms with Crippen molar-refractivity contribution in [1.29, 1.82) is 0 Å². The highest BCUT2D eigenvalue weighted by Crippen LogP contribution is 2.22. The van der Waals surface area contributed by atoms with E-state index in [-0.39, 0.29) is 12.5 Å². The van der Waals surface area contributed by atoms with Crippen molar-refractivity contribution in [3.8, 4) is 17.0 Å². The lowest BCUT2D eigenvalue weighted by Crippen LogP contribution is -2.30. The Hall–Kier alpha value is -3.19. The van der Waals surface area contributed by atoms with E-state index in [4.69, 9.17) is 4.74 Å². The van der Waals surface area contributed by atoms with Gasteiger partial charge < -0.3 is 10.1 Å². The molecule has 0 saturated carbocycles. The maximum atomic E-state index is 12.2. The SMILES string of the molecule is CCOc1ccc(-c2cc(NC(=O)CN(C)Cc3ccccn3)n[nH]2)cc1. The molecule has 7 heteroatoms. The predicted molar refractivity (Wildman–Crippen MR) is 104 cm³/mol. The number of nitrogens with one attached hydrogen (secondary N) is 2. The summed E-state index contributed by atoms with van der Waals surface area (Å²) in [5.41, 5.74) is 2.72. The standard InChI is InChI=1S/C20H23N5O2/c1-3-27-17-9-7-15(8-10-17)18-12-19(24-23-18)22-20(26)14-25(2)13-16-6-4-5-11-21-16/h4-12H,3,13-14H2,1-2H3,(H2,22,23,24,26). The van der Waals surface area contributed by atoms with Crippen molar-refractivity contribution in [2.24, 2.45) is 0 Å². The molecule has 0 unspecified atom stereocenters. The maximum Gasteiger partial charge on any atom is 0.239 e. The third kappa shape index (κ3) is 5.39. The molecule has 7 nitrogen and oxygen atoms in total. The lowest BCUT2D eigenvalue weighted by atomic mass is 10.1.